The fourth-order valence-corrected chi connectivity index (χ4v) is 2.77. The number of fused-ring (bicyclic) bond motifs is 2. The van der Waals surface area contributed by atoms with E-state index in [2.05, 4.69) is 6.08 Å². The number of hydrogen-bond donors (Lipinski definition) is 0. The van der Waals surface area contributed by atoms with Gasteiger partial charge in [0.2, 0.25) is 0 Å². The van der Waals surface area contributed by atoms with Gasteiger partial charge in [0.25, 0.3) is 0 Å². The van der Waals surface area contributed by atoms with Crippen molar-refractivity contribution in [3.8, 4) is 0 Å². The fraction of sp³-hybridized carbons (Fsp3) is 0.833. The largest absolute Gasteiger partial charge is 0.496 e. The van der Waals surface area contributed by atoms with Crippen molar-refractivity contribution >= 4 is 0 Å². The second kappa shape index (κ2) is 4.14. The molecule has 0 aromatic carbocycles. The Hall–Kier alpha value is -0.540. The summed E-state index contributed by atoms with van der Waals surface area (Å²) in [4.78, 5) is 0. The van der Waals surface area contributed by atoms with Crippen molar-refractivity contribution < 1.29 is 14.2 Å². The van der Waals surface area contributed by atoms with Crippen molar-refractivity contribution in [3.05, 3.63) is 12.3 Å². The van der Waals surface area contributed by atoms with E-state index in [0.717, 1.165) is 38.7 Å². The molecule has 0 amide bonds. The molecule has 84 valence electrons. The lowest BCUT2D eigenvalue weighted by Gasteiger charge is -2.32. The Kier molecular flexibility index (Phi) is 2.67. The molecule has 3 aliphatic heterocycles. The lowest BCUT2D eigenvalue weighted by Crippen LogP contribution is -2.38. The van der Waals surface area contributed by atoms with Gasteiger partial charge >= 0.3 is 0 Å². The Balaban J connectivity index is 1.72. The zero-order valence-electron chi connectivity index (χ0n) is 8.93. The molecule has 0 unspecified atom stereocenters. The first-order valence-corrected chi connectivity index (χ1v) is 6.01. The van der Waals surface area contributed by atoms with Crippen LogP contribution in [0.3, 0.4) is 0 Å². The normalized spacial score (nSPS) is 44.8. The molecule has 0 saturated carbocycles. The number of rotatable bonds is 0. The minimum absolute atomic E-state index is 0.254. The third kappa shape index (κ3) is 1.91. The quantitative estimate of drug-likeness (QED) is 0.612. The summed E-state index contributed by atoms with van der Waals surface area (Å²) in [6.45, 7) is 0.902. The summed E-state index contributed by atoms with van der Waals surface area (Å²) < 4.78 is 17.5. The van der Waals surface area contributed by atoms with E-state index in [1.165, 1.54) is 0 Å². The molecule has 15 heavy (non-hydrogen) atoms. The van der Waals surface area contributed by atoms with Gasteiger partial charge in [-0.25, -0.2) is 0 Å². The summed E-state index contributed by atoms with van der Waals surface area (Å²) in [5, 5.41) is 0. The van der Waals surface area contributed by atoms with Gasteiger partial charge in [-0.3, -0.25) is 0 Å². The van der Waals surface area contributed by atoms with Crippen LogP contribution in [0.1, 0.15) is 32.1 Å². The molecule has 0 spiro atoms. The second-order valence-corrected chi connectivity index (χ2v) is 4.62. The van der Waals surface area contributed by atoms with Gasteiger partial charge in [-0.1, -0.05) is 0 Å². The standard InChI is InChI=1S/C12H18O3/c1-3-11-9(13-7-1)5-6-10-12(15-11)4-2-8-14-10/h1,7,9-12H,2-6,8H2/t9-,10+,11+,12-/m1/s1. The minimum Gasteiger partial charge on any atom is -0.496 e. The zero-order valence-corrected chi connectivity index (χ0v) is 8.93. The van der Waals surface area contributed by atoms with E-state index >= 15 is 0 Å². The van der Waals surface area contributed by atoms with Crippen LogP contribution in [0, 0.1) is 0 Å². The Morgan fingerprint density at radius 1 is 0.933 bits per heavy atom. The molecule has 3 heteroatoms. The second-order valence-electron chi connectivity index (χ2n) is 4.62. The predicted molar refractivity (Wildman–Crippen MR) is 55.5 cm³/mol. The Morgan fingerprint density at radius 2 is 1.87 bits per heavy atom. The average molecular weight is 210 g/mol. The van der Waals surface area contributed by atoms with E-state index in [-0.39, 0.29) is 12.2 Å². The maximum Gasteiger partial charge on any atom is 0.124 e. The summed E-state index contributed by atoms with van der Waals surface area (Å²) in [5.74, 6) is 0. The summed E-state index contributed by atoms with van der Waals surface area (Å²) in [5.41, 5.74) is 0. The van der Waals surface area contributed by atoms with Gasteiger partial charge in [-0.2, -0.15) is 0 Å². The molecule has 0 aliphatic carbocycles. The lowest BCUT2D eigenvalue weighted by atomic mass is 10.00. The third-order valence-electron chi connectivity index (χ3n) is 3.60. The van der Waals surface area contributed by atoms with Crippen LogP contribution in [0.15, 0.2) is 12.3 Å². The van der Waals surface area contributed by atoms with Gasteiger partial charge in [-0.05, 0) is 38.2 Å². The van der Waals surface area contributed by atoms with E-state index in [1.54, 1.807) is 0 Å². The van der Waals surface area contributed by atoms with Gasteiger partial charge in [0.15, 0.2) is 0 Å². The maximum atomic E-state index is 6.12. The molecule has 0 bridgehead atoms. The van der Waals surface area contributed by atoms with Crippen LogP contribution < -0.4 is 0 Å². The van der Waals surface area contributed by atoms with Crippen LogP contribution in [0.2, 0.25) is 0 Å². The lowest BCUT2D eigenvalue weighted by molar-refractivity contribution is -0.136. The summed E-state index contributed by atoms with van der Waals surface area (Å²) in [6, 6.07) is 0. The van der Waals surface area contributed by atoms with Crippen molar-refractivity contribution in [2.75, 3.05) is 6.61 Å². The topological polar surface area (TPSA) is 27.7 Å². The molecule has 0 N–H and O–H groups in total. The zero-order chi connectivity index (χ0) is 10.1. The Labute approximate surface area is 90.4 Å². The number of ether oxygens (including phenoxy) is 3. The van der Waals surface area contributed by atoms with Crippen molar-refractivity contribution in [2.24, 2.45) is 0 Å². The first-order chi connectivity index (χ1) is 7.43. The highest BCUT2D eigenvalue weighted by Gasteiger charge is 2.37. The minimum atomic E-state index is 0.254. The molecular weight excluding hydrogens is 192 g/mol. The van der Waals surface area contributed by atoms with Crippen LogP contribution >= 0.6 is 0 Å². The third-order valence-corrected chi connectivity index (χ3v) is 3.60. The fourth-order valence-electron chi connectivity index (χ4n) is 2.77. The molecule has 2 fully saturated rings. The Bertz CT molecular complexity index is 251. The van der Waals surface area contributed by atoms with Gasteiger partial charge < -0.3 is 14.2 Å². The van der Waals surface area contributed by atoms with Crippen molar-refractivity contribution in [2.45, 2.75) is 56.5 Å². The molecule has 0 aromatic heterocycles. The molecule has 0 radical (unpaired) electrons. The Morgan fingerprint density at radius 3 is 2.87 bits per heavy atom. The molecule has 2 saturated heterocycles. The highest BCUT2D eigenvalue weighted by molar-refractivity contribution is 4.93. The van der Waals surface area contributed by atoms with E-state index < -0.39 is 0 Å². The maximum absolute atomic E-state index is 6.12. The predicted octanol–water partition coefficient (Wildman–Crippen LogP) is 2.02. The first-order valence-electron chi connectivity index (χ1n) is 6.01. The molecule has 3 aliphatic rings. The summed E-state index contributed by atoms with van der Waals surface area (Å²) >= 11 is 0. The van der Waals surface area contributed by atoms with Crippen molar-refractivity contribution in [1.82, 2.24) is 0 Å². The molecule has 0 aromatic rings. The summed E-state index contributed by atoms with van der Waals surface area (Å²) in [7, 11) is 0. The molecule has 3 rings (SSSR count). The number of hydrogen-bond acceptors (Lipinski definition) is 3. The van der Waals surface area contributed by atoms with E-state index in [1.807, 2.05) is 6.26 Å². The molecule has 3 nitrogen and oxygen atoms in total. The van der Waals surface area contributed by atoms with Crippen molar-refractivity contribution in [3.63, 3.8) is 0 Å². The van der Waals surface area contributed by atoms with E-state index in [4.69, 9.17) is 14.2 Å². The molecule has 3 heterocycles. The highest BCUT2D eigenvalue weighted by Crippen LogP contribution is 2.31. The molecular formula is C12H18O3. The first kappa shape index (κ1) is 9.67. The van der Waals surface area contributed by atoms with Gasteiger partial charge in [-0.15, -0.1) is 0 Å². The van der Waals surface area contributed by atoms with Crippen LogP contribution in [0.5, 0.6) is 0 Å². The van der Waals surface area contributed by atoms with Crippen LogP contribution in [-0.2, 0) is 14.2 Å². The van der Waals surface area contributed by atoms with E-state index in [0.29, 0.717) is 12.2 Å². The van der Waals surface area contributed by atoms with Crippen LogP contribution in [0.4, 0.5) is 0 Å². The highest BCUT2D eigenvalue weighted by atomic mass is 16.6. The SMILES string of the molecule is C1=CO[C@@H]2CC[C@@H]3OCCC[C@H]3O[C@H]2C1. The van der Waals surface area contributed by atoms with Gasteiger partial charge in [0, 0.05) is 6.61 Å². The summed E-state index contributed by atoms with van der Waals surface area (Å²) in [6.07, 6.45) is 10.4. The van der Waals surface area contributed by atoms with E-state index in [9.17, 15) is 0 Å². The average Bonchev–Trinajstić information content (AvgIpc) is 2.48. The van der Waals surface area contributed by atoms with Gasteiger partial charge in [0.1, 0.15) is 6.10 Å². The van der Waals surface area contributed by atoms with Crippen LogP contribution in [-0.4, -0.2) is 31.0 Å². The monoisotopic (exact) mass is 210 g/mol. The molecule has 4 atom stereocenters. The van der Waals surface area contributed by atoms with Crippen LogP contribution in [0.25, 0.3) is 0 Å². The van der Waals surface area contributed by atoms with Crippen molar-refractivity contribution in [1.29, 1.82) is 0 Å². The van der Waals surface area contributed by atoms with Gasteiger partial charge in [0.05, 0.1) is 24.6 Å². The smallest absolute Gasteiger partial charge is 0.124 e.